The van der Waals surface area contributed by atoms with Gasteiger partial charge in [-0.05, 0) is 54.3 Å². The highest BCUT2D eigenvalue weighted by atomic mass is 35.5. The molecular formula is C23H22ClNO2. The third kappa shape index (κ3) is 4.89. The van der Waals surface area contributed by atoms with Crippen LogP contribution in [0.3, 0.4) is 0 Å². The van der Waals surface area contributed by atoms with Crippen molar-refractivity contribution in [2.75, 3.05) is 5.32 Å². The smallest absolute Gasteiger partial charge is 0.265 e. The Morgan fingerprint density at radius 3 is 2.33 bits per heavy atom. The Morgan fingerprint density at radius 1 is 1.00 bits per heavy atom. The number of hydrogen-bond acceptors (Lipinski definition) is 2. The number of anilines is 1. The van der Waals surface area contributed by atoms with Crippen LogP contribution in [0.25, 0.3) is 11.1 Å². The maximum atomic E-state index is 12.6. The SMILES string of the molecule is CCC(Oc1ccc(-c2ccccc2)cc1)C(=O)Nc1cc(Cl)ccc1C. The molecule has 0 saturated heterocycles. The third-order valence-corrected chi connectivity index (χ3v) is 4.60. The molecule has 1 N–H and O–H groups in total. The highest BCUT2D eigenvalue weighted by Crippen LogP contribution is 2.24. The molecule has 0 spiro atoms. The third-order valence-electron chi connectivity index (χ3n) is 4.36. The van der Waals surface area contributed by atoms with E-state index in [2.05, 4.69) is 17.4 Å². The number of ether oxygens (including phenoxy) is 1. The molecule has 0 heterocycles. The Labute approximate surface area is 164 Å². The van der Waals surface area contributed by atoms with Crippen LogP contribution in [0.5, 0.6) is 5.75 Å². The number of halogens is 1. The van der Waals surface area contributed by atoms with E-state index in [1.54, 1.807) is 12.1 Å². The average molecular weight is 380 g/mol. The molecule has 0 aliphatic heterocycles. The zero-order valence-corrected chi connectivity index (χ0v) is 16.2. The zero-order chi connectivity index (χ0) is 19.2. The fourth-order valence-electron chi connectivity index (χ4n) is 2.79. The van der Waals surface area contributed by atoms with Gasteiger partial charge >= 0.3 is 0 Å². The summed E-state index contributed by atoms with van der Waals surface area (Å²) in [7, 11) is 0. The van der Waals surface area contributed by atoms with Gasteiger partial charge in [-0.3, -0.25) is 4.79 Å². The highest BCUT2D eigenvalue weighted by Gasteiger charge is 2.19. The minimum atomic E-state index is -0.578. The molecule has 3 nitrogen and oxygen atoms in total. The monoisotopic (exact) mass is 379 g/mol. The zero-order valence-electron chi connectivity index (χ0n) is 15.4. The molecule has 3 rings (SSSR count). The topological polar surface area (TPSA) is 38.3 Å². The number of carbonyl (C=O) groups is 1. The summed E-state index contributed by atoms with van der Waals surface area (Å²) in [6.07, 6.45) is -0.0164. The Hall–Kier alpha value is -2.78. The Kier molecular flexibility index (Phi) is 6.15. The van der Waals surface area contributed by atoms with Gasteiger partial charge in [0.05, 0.1) is 0 Å². The number of amides is 1. The number of hydrogen-bond donors (Lipinski definition) is 1. The predicted molar refractivity (Wildman–Crippen MR) is 111 cm³/mol. The van der Waals surface area contributed by atoms with E-state index in [0.29, 0.717) is 22.9 Å². The molecule has 0 aromatic heterocycles. The van der Waals surface area contributed by atoms with Crippen LogP contribution in [0.2, 0.25) is 5.02 Å². The van der Waals surface area contributed by atoms with Gasteiger partial charge in [-0.2, -0.15) is 0 Å². The molecule has 1 amide bonds. The van der Waals surface area contributed by atoms with Gasteiger partial charge in [-0.15, -0.1) is 0 Å². The second-order valence-corrected chi connectivity index (χ2v) is 6.79. The summed E-state index contributed by atoms with van der Waals surface area (Å²) in [6, 6.07) is 23.3. The lowest BCUT2D eigenvalue weighted by molar-refractivity contribution is -0.122. The summed E-state index contributed by atoms with van der Waals surface area (Å²) >= 11 is 6.03. The largest absolute Gasteiger partial charge is 0.481 e. The molecule has 3 aromatic carbocycles. The van der Waals surface area contributed by atoms with Gasteiger partial charge < -0.3 is 10.1 Å². The van der Waals surface area contributed by atoms with Gasteiger partial charge in [0.2, 0.25) is 0 Å². The second-order valence-electron chi connectivity index (χ2n) is 6.35. The normalized spacial score (nSPS) is 11.7. The maximum absolute atomic E-state index is 12.6. The molecule has 1 atom stereocenters. The molecule has 0 saturated carbocycles. The van der Waals surface area contributed by atoms with E-state index < -0.39 is 6.10 Å². The van der Waals surface area contributed by atoms with Gasteiger partial charge in [0, 0.05) is 10.7 Å². The van der Waals surface area contributed by atoms with Crippen molar-refractivity contribution in [3.63, 3.8) is 0 Å². The van der Waals surface area contributed by atoms with Gasteiger partial charge in [0.1, 0.15) is 5.75 Å². The van der Waals surface area contributed by atoms with E-state index >= 15 is 0 Å². The van der Waals surface area contributed by atoms with Crippen LogP contribution in [-0.4, -0.2) is 12.0 Å². The maximum Gasteiger partial charge on any atom is 0.265 e. The molecule has 3 aromatic rings. The van der Waals surface area contributed by atoms with Crippen molar-refractivity contribution < 1.29 is 9.53 Å². The fraction of sp³-hybridized carbons (Fsp3) is 0.174. The van der Waals surface area contributed by atoms with Crippen molar-refractivity contribution >= 4 is 23.2 Å². The summed E-state index contributed by atoms with van der Waals surface area (Å²) in [4.78, 5) is 12.6. The van der Waals surface area contributed by atoms with Crippen molar-refractivity contribution in [2.45, 2.75) is 26.4 Å². The van der Waals surface area contributed by atoms with Crippen molar-refractivity contribution in [2.24, 2.45) is 0 Å². The molecule has 0 bridgehead atoms. The summed E-state index contributed by atoms with van der Waals surface area (Å²) in [5, 5.41) is 3.50. The second kappa shape index (κ2) is 8.74. The molecule has 138 valence electrons. The van der Waals surface area contributed by atoms with Gasteiger partial charge in [-0.1, -0.05) is 67.1 Å². The van der Waals surface area contributed by atoms with E-state index in [1.165, 1.54) is 0 Å². The van der Waals surface area contributed by atoms with Crippen LogP contribution in [0, 0.1) is 6.92 Å². The van der Waals surface area contributed by atoms with E-state index in [9.17, 15) is 4.79 Å². The van der Waals surface area contributed by atoms with Gasteiger partial charge in [0.15, 0.2) is 6.10 Å². The van der Waals surface area contributed by atoms with E-state index in [0.717, 1.165) is 16.7 Å². The molecule has 1 unspecified atom stereocenters. The first kappa shape index (κ1) is 19.0. The van der Waals surface area contributed by atoms with Crippen molar-refractivity contribution in [3.05, 3.63) is 83.4 Å². The Bertz CT molecular complexity index is 907. The van der Waals surface area contributed by atoms with Crippen LogP contribution in [-0.2, 0) is 4.79 Å². The first-order chi connectivity index (χ1) is 13.1. The van der Waals surface area contributed by atoms with Crippen molar-refractivity contribution in [1.29, 1.82) is 0 Å². The van der Waals surface area contributed by atoms with E-state index in [-0.39, 0.29) is 5.91 Å². The van der Waals surface area contributed by atoms with Crippen LogP contribution >= 0.6 is 11.6 Å². The van der Waals surface area contributed by atoms with Crippen molar-refractivity contribution in [1.82, 2.24) is 0 Å². The first-order valence-electron chi connectivity index (χ1n) is 8.96. The number of nitrogens with one attached hydrogen (secondary N) is 1. The first-order valence-corrected chi connectivity index (χ1v) is 9.34. The number of carbonyl (C=O) groups excluding carboxylic acids is 1. The number of rotatable bonds is 6. The van der Waals surface area contributed by atoms with Gasteiger partial charge in [-0.25, -0.2) is 0 Å². The molecule has 0 fully saturated rings. The lowest BCUT2D eigenvalue weighted by atomic mass is 10.1. The Balaban J connectivity index is 1.69. The quantitative estimate of drug-likeness (QED) is 0.561. The summed E-state index contributed by atoms with van der Waals surface area (Å²) in [5.41, 5.74) is 3.91. The highest BCUT2D eigenvalue weighted by molar-refractivity contribution is 6.31. The lowest BCUT2D eigenvalue weighted by Crippen LogP contribution is -2.32. The number of aryl methyl sites for hydroxylation is 1. The van der Waals surface area contributed by atoms with Crippen LogP contribution in [0.15, 0.2) is 72.8 Å². The van der Waals surface area contributed by atoms with E-state index in [4.69, 9.17) is 16.3 Å². The molecule has 0 radical (unpaired) electrons. The molecular weight excluding hydrogens is 358 g/mol. The Morgan fingerprint density at radius 2 is 1.67 bits per heavy atom. The molecule has 4 heteroatoms. The van der Waals surface area contributed by atoms with Crippen molar-refractivity contribution in [3.8, 4) is 16.9 Å². The molecule has 0 aliphatic carbocycles. The van der Waals surface area contributed by atoms with Crippen LogP contribution in [0.1, 0.15) is 18.9 Å². The lowest BCUT2D eigenvalue weighted by Gasteiger charge is -2.18. The minimum absolute atomic E-state index is 0.185. The predicted octanol–water partition coefficient (Wildman–Crippen LogP) is 6.11. The fourth-order valence-corrected chi connectivity index (χ4v) is 2.96. The van der Waals surface area contributed by atoms with Crippen LogP contribution in [0.4, 0.5) is 5.69 Å². The molecule has 0 aliphatic rings. The molecule has 27 heavy (non-hydrogen) atoms. The number of benzene rings is 3. The van der Waals surface area contributed by atoms with Gasteiger partial charge in [0.25, 0.3) is 5.91 Å². The standard InChI is InChI=1S/C23H22ClNO2/c1-3-22(23(26)25-21-15-19(24)12-9-16(21)2)27-20-13-10-18(11-14-20)17-7-5-4-6-8-17/h4-15,22H,3H2,1-2H3,(H,25,26). The van der Waals surface area contributed by atoms with E-state index in [1.807, 2.05) is 62.4 Å². The summed E-state index contributed by atoms with van der Waals surface area (Å²) < 4.78 is 5.91. The average Bonchev–Trinajstić information content (AvgIpc) is 2.70. The van der Waals surface area contributed by atoms with Crippen LogP contribution < -0.4 is 10.1 Å². The summed E-state index contributed by atoms with van der Waals surface area (Å²) in [6.45, 7) is 3.85. The minimum Gasteiger partial charge on any atom is -0.481 e. The summed E-state index contributed by atoms with van der Waals surface area (Å²) in [5.74, 6) is 0.481.